The minimum atomic E-state index is 0.319. The first-order valence-electron chi connectivity index (χ1n) is 6.11. The molecule has 5 heteroatoms. The molecule has 0 aliphatic heterocycles. The maximum atomic E-state index is 9.20. The minimum absolute atomic E-state index is 0.319. The molecule has 0 bridgehead atoms. The molecule has 1 heterocycles. The fourth-order valence-electron chi connectivity index (χ4n) is 2.06. The molecule has 0 spiro atoms. The number of anilines is 3. The summed E-state index contributed by atoms with van der Waals surface area (Å²) >= 11 is 0. The Morgan fingerprint density at radius 2 is 2.05 bits per heavy atom. The first-order chi connectivity index (χ1) is 9.69. The Kier molecular flexibility index (Phi) is 2.77. The lowest BCUT2D eigenvalue weighted by Crippen LogP contribution is -1.95. The molecule has 3 aromatic rings. The van der Waals surface area contributed by atoms with E-state index in [1.807, 2.05) is 25.1 Å². The molecule has 0 aliphatic carbocycles. The summed E-state index contributed by atoms with van der Waals surface area (Å²) in [6.07, 6.45) is 0. The summed E-state index contributed by atoms with van der Waals surface area (Å²) in [4.78, 5) is 4.30. The number of para-hydroxylation sites is 1. The molecule has 0 fully saturated rings. The first-order valence-corrected chi connectivity index (χ1v) is 6.11. The van der Waals surface area contributed by atoms with Crippen molar-refractivity contribution in [1.29, 1.82) is 5.26 Å². The fraction of sp³-hybridized carbons (Fsp3) is 0.0667. The second kappa shape index (κ2) is 4.59. The van der Waals surface area contributed by atoms with Gasteiger partial charge >= 0.3 is 0 Å². The maximum absolute atomic E-state index is 9.20. The van der Waals surface area contributed by atoms with Crippen LogP contribution in [-0.2, 0) is 0 Å². The monoisotopic (exact) mass is 264 g/mol. The van der Waals surface area contributed by atoms with E-state index in [9.17, 15) is 5.26 Å². The zero-order valence-electron chi connectivity index (χ0n) is 10.8. The Hall–Kier alpha value is -3.00. The highest BCUT2D eigenvalue weighted by Gasteiger charge is 2.11. The van der Waals surface area contributed by atoms with E-state index < -0.39 is 0 Å². The van der Waals surface area contributed by atoms with Crippen LogP contribution in [0.5, 0.6) is 0 Å². The van der Waals surface area contributed by atoms with Crippen molar-refractivity contribution in [3.8, 4) is 6.07 Å². The summed E-state index contributed by atoms with van der Waals surface area (Å²) in [7, 11) is 0. The van der Waals surface area contributed by atoms with Crippen LogP contribution in [0.2, 0.25) is 0 Å². The number of aryl methyl sites for hydroxylation is 1. The van der Waals surface area contributed by atoms with Gasteiger partial charge in [0.15, 0.2) is 5.58 Å². The average molecular weight is 264 g/mol. The van der Waals surface area contributed by atoms with Crippen molar-refractivity contribution in [2.45, 2.75) is 6.92 Å². The van der Waals surface area contributed by atoms with Crippen LogP contribution in [0.15, 0.2) is 40.8 Å². The highest BCUT2D eigenvalue weighted by molar-refractivity contribution is 5.86. The summed E-state index contributed by atoms with van der Waals surface area (Å²) in [6, 6.07) is 13.4. The van der Waals surface area contributed by atoms with Crippen molar-refractivity contribution < 1.29 is 4.42 Å². The van der Waals surface area contributed by atoms with Gasteiger partial charge in [0.25, 0.3) is 6.01 Å². The second-order valence-electron chi connectivity index (χ2n) is 4.45. The molecule has 0 radical (unpaired) electrons. The zero-order valence-corrected chi connectivity index (χ0v) is 10.8. The molecule has 0 aliphatic rings. The van der Waals surface area contributed by atoms with Gasteiger partial charge in [0, 0.05) is 0 Å². The van der Waals surface area contributed by atoms with Gasteiger partial charge in [-0.15, -0.1) is 0 Å². The van der Waals surface area contributed by atoms with Gasteiger partial charge in [-0.25, -0.2) is 0 Å². The van der Waals surface area contributed by atoms with E-state index in [4.69, 9.17) is 10.2 Å². The van der Waals surface area contributed by atoms with Crippen molar-refractivity contribution in [1.82, 2.24) is 4.98 Å². The van der Waals surface area contributed by atoms with E-state index >= 15 is 0 Å². The zero-order chi connectivity index (χ0) is 14.1. The lowest BCUT2D eigenvalue weighted by molar-refractivity contribution is 0.623. The number of nitrogen functional groups attached to an aromatic ring is 1. The van der Waals surface area contributed by atoms with E-state index in [0.29, 0.717) is 34.1 Å². The van der Waals surface area contributed by atoms with Crippen molar-refractivity contribution in [3.05, 3.63) is 47.5 Å². The quantitative estimate of drug-likeness (QED) is 0.693. The predicted octanol–water partition coefficient (Wildman–Crippen LogP) is 3.33. The molecule has 0 amide bonds. The standard InChI is InChI=1S/C15H12N4O/c1-9-4-2-6-12(10(9)8-16)18-15-19-14-11(17)5-3-7-13(14)20-15/h2-7H,17H2,1H3,(H,18,19). The third-order valence-corrected chi connectivity index (χ3v) is 3.08. The van der Waals surface area contributed by atoms with Crippen LogP contribution in [0.25, 0.3) is 11.1 Å². The van der Waals surface area contributed by atoms with E-state index in [1.165, 1.54) is 0 Å². The van der Waals surface area contributed by atoms with Crippen LogP contribution in [0, 0.1) is 18.3 Å². The third kappa shape index (κ3) is 1.93. The number of nitrogens with zero attached hydrogens (tertiary/aromatic N) is 2. The second-order valence-corrected chi connectivity index (χ2v) is 4.45. The molecular formula is C15H12N4O. The van der Waals surface area contributed by atoms with Gasteiger partial charge in [0.05, 0.1) is 16.9 Å². The summed E-state index contributed by atoms with van der Waals surface area (Å²) < 4.78 is 5.58. The number of nitriles is 1. The molecule has 0 saturated heterocycles. The van der Waals surface area contributed by atoms with Crippen LogP contribution in [0.1, 0.15) is 11.1 Å². The minimum Gasteiger partial charge on any atom is -0.423 e. The lowest BCUT2D eigenvalue weighted by Gasteiger charge is -2.05. The number of aromatic nitrogens is 1. The smallest absolute Gasteiger partial charge is 0.300 e. The molecule has 20 heavy (non-hydrogen) atoms. The summed E-state index contributed by atoms with van der Waals surface area (Å²) in [6.45, 7) is 1.88. The van der Waals surface area contributed by atoms with Crippen LogP contribution < -0.4 is 11.1 Å². The molecule has 0 saturated carbocycles. The van der Waals surface area contributed by atoms with Crippen LogP contribution in [0.3, 0.4) is 0 Å². The Bertz CT molecular complexity index is 829. The van der Waals surface area contributed by atoms with Crippen molar-refractivity contribution in [3.63, 3.8) is 0 Å². The molecule has 3 rings (SSSR count). The van der Waals surface area contributed by atoms with Crippen molar-refractivity contribution in [2.75, 3.05) is 11.1 Å². The van der Waals surface area contributed by atoms with Gasteiger partial charge in [-0.05, 0) is 30.7 Å². The molecule has 1 aromatic heterocycles. The SMILES string of the molecule is Cc1cccc(Nc2nc3c(N)cccc3o2)c1C#N. The molecule has 98 valence electrons. The molecule has 2 aromatic carbocycles. The fourth-order valence-corrected chi connectivity index (χ4v) is 2.06. The van der Waals surface area contributed by atoms with Gasteiger partial charge in [0.2, 0.25) is 0 Å². The highest BCUT2D eigenvalue weighted by Crippen LogP contribution is 2.27. The number of fused-ring (bicyclic) bond motifs is 1. The summed E-state index contributed by atoms with van der Waals surface area (Å²) in [5, 5.41) is 12.2. The molecule has 5 nitrogen and oxygen atoms in total. The summed E-state index contributed by atoms with van der Waals surface area (Å²) in [5.74, 6) is 0. The Morgan fingerprint density at radius 1 is 1.25 bits per heavy atom. The van der Waals surface area contributed by atoms with E-state index in [2.05, 4.69) is 16.4 Å². The molecule has 0 unspecified atom stereocenters. The summed E-state index contributed by atoms with van der Waals surface area (Å²) in [5.41, 5.74) is 9.75. The van der Waals surface area contributed by atoms with E-state index in [-0.39, 0.29) is 0 Å². The number of oxazole rings is 1. The molecule has 3 N–H and O–H groups in total. The Morgan fingerprint density at radius 3 is 2.80 bits per heavy atom. The number of hydrogen-bond acceptors (Lipinski definition) is 5. The van der Waals surface area contributed by atoms with Gasteiger partial charge in [-0.2, -0.15) is 10.2 Å². The van der Waals surface area contributed by atoms with Crippen molar-refractivity contribution >= 4 is 28.5 Å². The van der Waals surface area contributed by atoms with Gasteiger partial charge in [0.1, 0.15) is 11.6 Å². The number of rotatable bonds is 2. The largest absolute Gasteiger partial charge is 0.423 e. The van der Waals surface area contributed by atoms with E-state index in [1.54, 1.807) is 18.2 Å². The highest BCUT2D eigenvalue weighted by atomic mass is 16.4. The van der Waals surface area contributed by atoms with Gasteiger partial charge in [-0.3, -0.25) is 0 Å². The molecular weight excluding hydrogens is 252 g/mol. The number of nitrogens with two attached hydrogens (primary N) is 1. The van der Waals surface area contributed by atoms with Gasteiger partial charge < -0.3 is 15.5 Å². The Labute approximate surface area is 115 Å². The average Bonchev–Trinajstić information content (AvgIpc) is 2.83. The third-order valence-electron chi connectivity index (χ3n) is 3.08. The number of hydrogen-bond donors (Lipinski definition) is 2. The lowest BCUT2D eigenvalue weighted by atomic mass is 10.1. The number of nitrogens with one attached hydrogen (secondary N) is 1. The van der Waals surface area contributed by atoms with Crippen molar-refractivity contribution in [2.24, 2.45) is 0 Å². The predicted molar refractivity (Wildman–Crippen MR) is 77.6 cm³/mol. The van der Waals surface area contributed by atoms with Crippen LogP contribution in [0.4, 0.5) is 17.4 Å². The molecule has 0 atom stereocenters. The Balaban J connectivity index is 2.04. The number of benzene rings is 2. The normalized spacial score (nSPS) is 10.4. The van der Waals surface area contributed by atoms with Gasteiger partial charge in [-0.1, -0.05) is 18.2 Å². The van der Waals surface area contributed by atoms with Crippen LogP contribution in [-0.4, -0.2) is 4.98 Å². The topological polar surface area (TPSA) is 87.9 Å². The van der Waals surface area contributed by atoms with E-state index in [0.717, 1.165) is 5.56 Å². The maximum Gasteiger partial charge on any atom is 0.300 e. The first kappa shape index (κ1) is 12.1. The van der Waals surface area contributed by atoms with Crippen LogP contribution >= 0.6 is 0 Å².